The summed E-state index contributed by atoms with van der Waals surface area (Å²) in [6.45, 7) is 8.58. The van der Waals surface area contributed by atoms with Crippen molar-refractivity contribution in [3.05, 3.63) is 47.6 Å². The number of aromatic nitrogens is 5. The second-order valence-corrected chi connectivity index (χ2v) is 9.76. The molecule has 0 aliphatic carbocycles. The second-order valence-electron chi connectivity index (χ2n) is 9.37. The van der Waals surface area contributed by atoms with Crippen LogP contribution in [0.25, 0.3) is 27.8 Å². The molecule has 1 unspecified atom stereocenters. The minimum absolute atomic E-state index is 0.118. The molecule has 4 aromatic rings. The minimum Gasteiger partial charge on any atom is -0.487 e. The molecule has 1 aliphatic heterocycles. The fourth-order valence-corrected chi connectivity index (χ4v) is 4.13. The first kappa shape index (κ1) is 22.3. The van der Waals surface area contributed by atoms with Crippen molar-refractivity contribution in [3.63, 3.8) is 0 Å². The van der Waals surface area contributed by atoms with E-state index in [0.717, 1.165) is 28.5 Å². The second kappa shape index (κ2) is 8.39. The van der Waals surface area contributed by atoms with Gasteiger partial charge in [-0.05, 0) is 45.9 Å². The van der Waals surface area contributed by atoms with Gasteiger partial charge in [0.1, 0.15) is 22.6 Å². The van der Waals surface area contributed by atoms with Gasteiger partial charge in [0.25, 0.3) is 0 Å². The van der Waals surface area contributed by atoms with Gasteiger partial charge >= 0.3 is 6.09 Å². The molecule has 0 saturated carbocycles. The van der Waals surface area contributed by atoms with E-state index in [9.17, 15) is 4.79 Å². The van der Waals surface area contributed by atoms with Crippen molar-refractivity contribution in [1.82, 2.24) is 29.5 Å². The van der Waals surface area contributed by atoms with E-state index in [-0.39, 0.29) is 12.2 Å². The molecule has 0 aromatic carbocycles. The molecule has 1 fully saturated rings. The van der Waals surface area contributed by atoms with Crippen molar-refractivity contribution in [1.29, 1.82) is 0 Å². The zero-order chi connectivity index (χ0) is 24.0. The highest BCUT2D eigenvalue weighted by Crippen LogP contribution is 2.29. The monoisotopic (exact) mass is 480 g/mol. The van der Waals surface area contributed by atoms with Crippen molar-refractivity contribution in [2.45, 2.75) is 45.8 Å². The lowest BCUT2D eigenvalue weighted by atomic mass is 10.1. The largest absolute Gasteiger partial charge is 0.487 e. The lowest BCUT2D eigenvalue weighted by Crippen LogP contribution is -2.36. The SMILES string of the molecule is Cc1ncc(-c2nc3ccc(OC4CCN(C(=O)OC(C)(C)C)C4)cn3n2)c2cc(Cl)ncc12. The maximum Gasteiger partial charge on any atom is 0.410 e. The quantitative estimate of drug-likeness (QED) is 0.392. The Morgan fingerprint density at radius 1 is 1.18 bits per heavy atom. The van der Waals surface area contributed by atoms with Crippen LogP contribution in [0.3, 0.4) is 0 Å². The normalized spacial score (nSPS) is 16.4. The number of likely N-dealkylation sites (tertiary alicyclic amines) is 1. The van der Waals surface area contributed by atoms with Crippen molar-refractivity contribution in [2.75, 3.05) is 13.1 Å². The van der Waals surface area contributed by atoms with E-state index in [2.05, 4.69) is 20.1 Å². The zero-order valence-electron chi connectivity index (χ0n) is 19.4. The summed E-state index contributed by atoms with van der Waals surface area (Å²) in [6, 6.07) is 5.51. The molecule has 5 rings (SSSR count). The van der Waals surface area contributed by atoms with Crippen LogP contribution in [0.1, 0.15) is 32.9 Å². The van der Waals surface area contributed by atoms with Gasteiger partial charge in [0.2, 0.25) is 0 Å². The van der Waals surface area contributed by atoms with Crippen LogP contribution in [0.4, 0.5) is 4.79 Å². The van der Waals surface area contributed by atoms with Gasteiger partial charge in [-0.2, -0.15) is 0 Å². The highest BCUT2D eigenvalue weighted by molar-refractivity contribution is 6.30. The first-order valence-electron chi connectivity index (χ1n) is 11.1. The molecule has 34 heavy (non-hydrogen) atoms. The number of carbonyl (C=O) groups is 1. The van der Waals surface area contributed by atoms with Crippen LogP contribution in [0, 0.1) is 6.92 Å². The topological polar surface area (TPSA) is 94.7 Å². The summed E-state index contributed by atoms with van der Waals surface area (Å²) in [4.78, 5) is 27.3. The molecule has 0 spiro atoms. The van der Waals surface area contributed by atoms with E-state index in [1.165, 1.54) is 0 Å². The van der Waals surface area contributed by atoms with E-state index in [1.54, 1.807) is 34.1 Å². The molecule has 1 atom stereocenters. The van der Waals surface area contributed by atoms with Crippen LogP contribution in [0.15, 0.2) is 36.8 Å². The average molecular weight is 481 g/mol. The molecule has 0 N–H and O–H groups in total. The summed E-state index contributed by atoms with van der Waals surface area (Å²) in [6.07, 6.45) is 5.56. The smallest absolute Gasteiger partial charge is 0.410 e. The first-order valence-corrected chi connectivity index (χ1v) is 11.5. The summed E-state index contributed by atoms with van der Waals surface area (Å²) in [5.74, 6) is 1.19. The number of hydrogen-bond acceptors (Lipinski definition) is 7. The standard InChI is InChI=1S/C24H25ClN6O3/c1-14-18-10-27-20(25)9-17(18)19(11-26-14)22-28-21-6-5-15(13-31(21)29-22)33-16-7-8-30(12-16)23(32)34-24(2,3)4/h5-6,9-11,13,16H,7-8,12H2,1-4H3. The third kappa shape index (κ3) is 4.48. The maximum absolute atomic E-state index is 12.3. The van der Waals surface area contributed by atoms with Gasteiger partial charge in [-0.3, -0.25) is 4.98 Å². The van der Waals surface area contributed by atoms with Crippen molar-refractivity contribution < 1.29 is 14.3 Å². The molecule has 176 valence electrons. The Kier molecular flexibility index (Phi) is 5.51. The number of rotatable bonds is 3. The van der Waals surface area contributed by atoms with E-state index < -0.39 is 5.60 Å². The lowest BCUT2D eigenvalue weighted by Gasteiger charge is -2.24. The van der Waals surface area contributed by atoms with Crippen LogP contribution < -0.4 is 4.74 Å². The third-order valence-electron chi connectivity index (χ3n) is 5.58. The number of fused-ring (bicyclic) bond motifs is 2. The van der Waals surface area contributed by atoms with Crippen LogP contribution in [-0.2, 0) is 4.74 Å². The summed E-state index contributed by atoms with van der Waals surface area (Å²) in [5, 5.41) is 6.85. The number of nitrogens with zero attached hydrogens (tertiary/aromatic N) is 6. The van der Waals surface area contributed by atoms with Crippen LogP contribution in [0.5, 0.6) is 5.75 Å². The molecular weight excluding hydrogens is 456 g/mol. The Morgan fingerprint density at radius 3 is 2.79 bits per heavy atom. The van der Waals surface area contributed by atoms with E-state index >= 15 is 0 Å². The highest BCUT2D eigenvalue weighted by atomic mass is 35.5. The maximum atomic E-state index is 12.3. The zero-order valence-corrected chi connectivity index (χ0v) is 20.2. The number of pyridine rings is 3. The van der Waals surface area contributed by atoms with Gasteiger partial charge in [0.05, 0.1) is 12.7 Å². The number of hydrogen-bond donors (Lipinski definition) is 0. The lowest BCUT2D eigenvalue weighted by molar-refractivity contribution is 0.0275. The fraction of sp³-hybridized carbons (Fsp3) is 0.375. The number of aryl methyl sites for hydroxylation is 1. The number of halogens is 1. The average Bonchev–Trinajstić information content (AvgIpc) is 3.39. The molecule has 1 aliphatic rings. The Bertz CT molecular complexity index is 1400. The van der Waals surface area contributed by atoms with Crippen LogP contribution in [-0.4, -0.2) is 60.4 Å². The summed E-state index contributed by atoms with van der Waals surface area (Å²) < 4.78 is 13.3. The predicted molar refractivity (Wildman–Crippen MR) is 128 cm³/mol. The molecule has 5 heterocycles. The van der Waals surface area contributed by atoms with E-state index in [0.29, 0.717) is 35.5 Å². The number of amides is 1. The Morgan fingerprint density at radius 2 is 2.00 bits per heavy atom. The van der Waals surface area contributed by atoms with Gasteiger partial charge in [-0.1, -0.05) is 11.6 Å². The summed E-state index contributed by atoms with van der Waals surface area (Å²) >= 11 is 6.15. The highest BCUT2D eigenvalue weighted by Gasteiger charge is 2.31. The molecular formula is C24H25ClN6O3. The Labute approximate surface area is 201 Å². The van der Waals surface area contributed by atoms with Crippen molar-refractivity contribution in [2.24, 2.45) is 0 Å². The Hall–Kier alpha value is -3.46. The molecule has 9 nitrogen and oxygen atoms in total. The molecule has 0 radical (unpaired) electrons. The summed E-state index contributed by atoms with van der Waals surface area (Å²) in [5.41, 5.74) is 1.80. The molecule has 10 heteroatoms. The van der Waals surface area contributed by atoms with E-state index in [1.807, 2.05) is 39.8 Å². The van der Waals surface area contributed by atoms with Gasteiger partial charge in [0, 0.05) is 47.4 Å². The van der Waals surface area contributed by atoms with Gasteiger partial charge in [-0.25, -0.2) is 19.3 Å². The minimum atomic E-state index is -0.522. The van der Waals surface area contributed by atoms with Crippen LogP contribution >= 0.6 is 11.6 Å². The number of ether oxygens (including phenoxy) is 2. The Balaban J connectivity index is 1.37. The molecule has 1 saturated heterocycles. The van der Waals surface area contributed by atoms with Crippen LogP contribution in [0.2, 0.25) is 5.15 Å². The van der Waals surface area contributed by atoms with Crippen molar-refractivity contribution >= 4 is 34.1 Å². The molecule has 0 bridgehead atoms. The molecule has 4 aromatic heterocycles. The molecule has 1 amide bonds. The van der Waals surface area contributed by atoms with E-state index in [4.69, 9.17) is 21.1 Å². The fourth-order valence-electron chi connectivity index (χ4n) is 3.98. The number of carbonyl (C=O) groups excluding carboxylic acids is 1. The first-order chi connectivity index (χ1) is 16.2. The van der Waals surface area contributed by atoms with Crippen molar-refractivity contribution in [3.8, 4) is 17.1 Å². The van der Waals surface area contributed by atoms with Gasteiger partial charge in [0.15, 0.2) is 11.5 Å². The predicted octanol–water partition coefficient (Wildman–Crippen LogP) is 4.69. The summed E-state index contributed by atoms with van der Waals surface area (Å²) in [7, 11) is 0. The van der Waals surface area contributed by atoms with Gasteiger partial charge < -0.3 is 14.4 Å². The van der Waals surface area contributed by atoms with Gasteiger partial charge in [-0.15, -0.1) is 5.10 Å². The third-order valence-corrected chi connectivity index (χ3v) is 5.79.